The van der Waals surface area contributed by atoms with Crippen molar-refractivity contribution in [1.29, 1.82) is 0 Å². The maximum absolute atomic E-state index is 12.4. The molecule has 1 heterocycles. The molecule has 27 heavy (non-hydrogen) atoms. The Morgan fingerprint density at radius 3 is 2.48 bits per heavy atom. The van der Waals surface area contributed by atoms with Gasteiger partial charge in [0.05, 0.1) is 0 Å². The van der Waals surface area contributed by atoms with Gasteiger partial charge in [0.1, 0.15) is 5.52 Å². The van der Waals surface area contributed by atoms with Crippen LogP contribution >= 0.6 is 11.8 Å². The molecular weight excluding hydrogens is 356 g/mol. The van der Waals surface area contributed by atoms with Crippen LogP contribution in [0.15, 0.2) is 81.3 Å². The Labute approximate surface area is 161 Å². The summed E-state index contributed by atoms with van der Waals surface area (Å²) in [4.78, 5) is 18.0. The molecule has 0 atom stereocenters. The van der Waals surface area contributed by atoms with Gasteiger partial charge < -0.3 is 9.73 Å². The fourth-order valence-corrected chi connectivity index (χ4v) is 3.73. The number of anilines is 1. The summed E-state index contributed by atoms with van der Waals surface area (Å²) in [7, 11) is 0. The lowest BCUT2D eigenvalue weighted by atomic mass is 10.1. The first-order chi connectivity index (χ1) is 13.1. The molecule has 0 radical (unpaired) electrons. The van der Waals surface area contributed by atoms with Crippen molar-refractivity contribution in [1.82, 2.24) is 4.98 Å². The number of nitrogens with one attached hydrogen (secondary N) is 1. The molecule has 134 valence electrons. The third-order valence-electron chi connectivity index (χ3n) is 4.28. The van der Waals surface area contributed by atoms with Crippen LogP contribution in [0.3, 0.4) is 0 Å². The van der Waals surface area contributed by atoms with E-state index < -0.39 is 0 Å². The highest BCUT2D eigenvalue weighted by atomic mass is 32.2. The normalized spacial score (nSPS) is 10.9. The van der Waals surface area contributed by atoms with E-state index in [2.05, 4.69) is 16.4 Å². The van der Waals surface area contributed by atoms with Gasteiger partial charge >= 0.3 is 0 Å². The van der Waals surface area contributed by atoms with Crippen molar-refractivity contribution < 1.29 is 9.21 Å². The van der Waals surface area contributed by atoms with Crippen LogP contribution in [0.5, 0.6) is 0 Å². The Kier molecular flexibility index (Phi) is 4.69. The van der Waals surface area contributed by atoms with Crippen molar-refractivity contribution in [2.24, 2.45) is 0 Å². The van der Waals surface area contributed by atoms with Gasteiger partial charge in [0, 0.05) is 16.1 Å². The summed E-state index contributed by atoms with van der Waals surface area (Å²) in [5.41, 5.74) is 5.12. The third-order valence-corrected chi connectivity index (χ3v) is 5.29. The topological polar surface area (TPSA) is 55.1 Å². The number of benzene rings is 3. The molecule has 0 fully saturated rings. The average molecular weight is 374 g/mol. The van der Waals surface area contributed by atoms with Crippen molar-refractivity contribution in [3.8, 4) is 0 Å². The van der Waals surface area contributed by atoms with Crippen LogP contribution in [-0.4, -0.2) is 10.9 Å². The molecule has 0 aliphatic carbocycles. The summed E-state index contributed by atoms with van der Waals surface area (Å²) in [6.45, 7) is 4.00. The number of para-hydroxylation sites is 2. The summed E-state index contributed by atoms with van der Waals surface area (Å²) in [5.74, 6) is -0.113. The maximum Gasteiger partial charge on any atom is 0.261 e. The van der Waals surface area contributed by atoms with E-state index in [-0.39, 0.29) is 5.91 Å². The Bertz CT molecular complexity index is 1090. The molecule has 0 spiro atoms. The summed E-state index contributed by atoms with van der Waals surface area (Å²) >= 11 is 1.49. The van der Waals surface area contributed by atoms with E-state index in [1.807, 2.05) is 62.4 Å². The first-order valence-electron chi connectivity index (χ1n) is 8.61. The fourth-order valence-electron chi connectivity index (χ4n) is 2.81. The minimum atomic E-state index is -0.113. The SMILES string of the molecule is Cc1cc(Sc2nc3ccccc3o2)c(C)cc1NC(=O)c1ccccc1. The number of carbonyl (C=O) groups excluding carboxylic acids is 1. The van der Waals surface area contributed by atoms with Gasteiger partial charge in [0.15, 0.2) is 5.58 Å². The minimum absolute atomic E-state index is 0.113. The summed E-state index contributed by atoms with van der Waals surface area (Å²) in [6.07, 6.45) is 0. The van der Waals surface area contributed by atoms with Crippen LogP contribution < -0.4 is 5.32 Å². The van der Waals surface area contributed by atoms with Gasteiger partial charge in [-0.05, 0) is 73.1 Å². The molecule has 0 saturated carbocycles. The van der Waals surface area contributed by atoms with Gasteiger partial charge in [-0.25, -0.2) is 4.98 Å². The summed E-state index contributed by atoms with van der Waals surface area (Å²) in [5, 5.41) is 3.60. The molecule has 5 heteroatoms. The third kappa shape index (κ3) is 3.73. The molecule has 0 bridgehead atoms. The van der Waals surface area contributed by atoms with E-state index in [4.69, 9.17) is 4.42 Å². The van der Waals surface area contributed by atoms with Gasteiger partial charge in [-0.1, -0.05) is 30.3 Å². The number of rotatable bonds is 4. The first-order valence-corrected chi connectivity index (χ1v) is 9.43. The standard InChI is InChI=1S/C22H18N2O2S/c1-14-13-20(27-22-24-17-10-6-7-11-19(17)26-22)15(2)12-18(14)23-21(25)16-8-4-3-5-9-16/h3-13H,1-2H3,(H,23,25). The second kappa shape index (κ2) is 7.29. The Hall–Kier alpha value is -3.05. The summed E-state index contributed by atoms with van der Waals surface area (Å²) in [6, 6.07) is 21.0. The largest absolute Gasteiger partial charge is 0.431 e. The number of hydrogen-bond acceptors (Lipinski definition) is 4. The number of hydrogen-bond donors (Lipinski definition) is 1. The van der Waals surface area contributed by atoms with Crippen LogP contribution in [0.4, 0.5) is 5.69 Å². The predicted molar refractivity (Wildman–Crippen MR) is 108 cm³/mol. The van der Waals surface area contributed by atoms with Crippen LogP contribution in [0.2, 0.25) is 0 Å². The lowest BCUT2D eigenvalue weighted by Crippen LogP contribution is -2.12. The quantitative estimate of drug-likeness (QED) is 0.487. The summed E-state index contributed by atoms with van der Waals surface area (Å²) < 4.78 is 5.80. The number of aryl methyl sites for hydroxylation is 2. The highest BCUT2D eigenvalue weighted by molar-refractivity contribution is 7.99. The zero-order chi connectivity index (χ0) is 18.8. The molecule has 0 aliphatic rings. The minimum Gasteiger partial charge on any atom is -0.431 e. The zero-order valence-corrected chi connectivity index (χ0v) is 15.8. The average Bonchev–Trinajstić information content (AvgIpc) is 3.09. The van der Waals surface area contributed by atoms with E-state index in [0.29, 0.717) is 10.8 Å². The molecule has 4 aromatic rings. The van der Waals surface area contributed by atoms with Gasteiger partial charge in [-0.2, -0.15) is 0 Å². The second-order valence-electron chi connectivity index (χ2n) is 6.30. The van der Waals surface area contributed by atoms with Gasteiger partial charge in [0.25, 0.3) is 11.1 Å². The van der Waals surface area contributed by atoms with Crippen molar-refractivity contribution in [3.63, 3.8) is 0 Å². The highest BCUT2D eigenvalue weighted by Gasteiger charge is 2.13. The number of aromatic nitrogens is 1. The molecule has 0 unspecified atom stereocenters. The molecule has 1 aromatic heterocycles. The number of carbonyl (C=O) groups is 1. The lowest BCUT2D eigenvalue weighted by molar-refractivity contribution is 0.102. The second-order valence-corrected chi connectivity index (χ2v) is 7.30. The maximum atomic E-state index is 12.4. The van der Waals surface area contributed by atoms with E-state index >= 15 is 0 Å². The van der Waals surface area contributed by atoms with Gasteiger partial charge in [-0.3, -0.25) is 4.79 Å². The first kappa shape index (κ1) is 17.4. The van der Waals surface area contributed by atoms with Gasteiger partial charge in [-0.15, -0.1) is 0 Å². The monoisotopic (exact) mass is 374 g/mol. The molecule has 0 aliphatic heterocycles. The van der Waals surface area contributed by atoms with Crippen molar-refractivity contribution >= 4 is 34.5 Å². The highest BCUT2D eigenvalue weighted by Crippen LogP contribution is 2.34. The zero-order valence-electron chi connectivity index (χ0n) is 15.0. The number of fused-ring (bicyclic) bond motifs is 1. The van der Waals surface area contributed by atoms with E-state index in [9.17, 15) is 4.79 Å². The van der Waals surface area contributed by atoms with Crippen LogP contribution in [-0.2, 0) is 0 Å². The molecule has 1 amide bonds. The number of nitrogens with zero attached hydrogens (tertiary/aromatic N) is 1. The Morgan fingerprint density at radius 2 is 1.70 bits per heavy atom. The van der Waals surface area contributed by atoms with Crippen molar-refractivity contribution in [2.75, 3.05) is 5.32 Å². The number of amides is 1. The Balaban J connectivity index is 1.57. The van der Waals surface area contributed by atoms with E-state index in [1.165, 1.54) is 11.8 Å². The predicted octanol–water partition coefficient (Wildman–Crippen LogP) is 5.85. The lowest BCUT2D eigenvalue weighted by Gasteiger charge is -2.12. The van der Waals surface area contributed by atoms with Gasteiger partial charge in [0.2, 0.25) is 0 Å². The molecule has 4 nitrogen and oxygen atoms in total. The van der Waals surface area contributed by atoms with E-state index in [0.717, 1.165) is 32.8 Å². The fraction of sp³-hybridized carbons (Fsp3) is 0.0909. The Morgan fingerprint density at radius 1 is 0.963 bits per heavy atom. The van der Waals surface area contributed by atoms with Crippen LogP contribution in [0.1, 0.15) is 21.5 Å². The molecular formula is C22H18N2O2S. The van der Waals surface area contributed by atoms with Crippen molar-refractivity contribution in [3.05, 3.63) is 83.4 Å². The molecule has 4 rings (SSSR count). The smallest absolute Gasteiger partial charge is 0.261 e. The van der Waals surface area contributed by atoms with Crippen molar-refractivity contribution in [2.45, 2.75) is 24.0 Å². The van der Waals surface area contributed by atoms with Crippen LogP contribution in [0.25, 0.3) is 11.1 Å². The molecule has 0 saturated heterocycles. The number of oxazole rings is 1. The van der Waals surface area contributed by atoms with Crippen LogP contribution in [0, 0.1) is 13.8 Å². The molecule has 1 N–H and O–H groups in total. The molecule has 3 aromatic carbocycles. The van der Waals surface area contributed by atoms with E-state index in [1.54, 1.807) is 12.1 Å².